The number of allylic oxidation sites excluding steroid dienone is 8. The third-order valence-electron chi connectivity index (χ3n) is 9.02. The van der Waals surface area contributed by atoms with E-state index in [-0.39, 0.29) is 19.4 Å². The Morgan fingerprint density at radius 2 is 1.17 bits per heavy atom. The fraction of sp³-hybridized carbons (Fsp3) is 0.756. The van der Waals surface area contributed by atoms with Gasteiger partial charge in [0.05, 0.1) is 6.61 Å². The largest absolute Gasteiger partial charge is 0.462 e. The highest BCUT2D eigenvalue weighted by Gasteiger charge is 2.46. The fourth-order valence-electron chi connectivity index (χ4n) is 5.86. The normalized spacial score (nSPS) is 21.5. The van der Waals surface area contributed by atoms with Crippen molar-refractivity contribution in [2.45, 2.75) is 179 Å². The molecule has 6 atom stereocenters. The number of carbonyl (C=O) groups is 2. The zero-order valence-electron chi connectivity index (χ0n) is 32.8. The van der Waals surface area contributed by atoms with Gasteiger partial charge in [0, 0.05) is 12.8 Å². The molecule has 2 unspecified atom stereocenters. The predicted octanol–water partition coefficient (Wildman–Crippen LogP) is 7.22. The van der Waals surface area contributed by atoms with Gasteiger partial charge < -0.3 is 34.3 Å². The monoisotopic (exact) mass is 786 g/mol. The first-order valence-electron chi connectivity index (χ1n) is 20.2. The summed E-state index contributed by atoms with van der Waals surface area (Å²) in [7, 11) is -4.60. The maximum atomic E-state index is 12.7. The highest BCUT2D eigenvalue weighted by Crippen LogP contribution is 2.24. The predicted molar refractivity (Wildman–Crippen MR) is 210 cm³/mol. The first kappa shape index (κ1) is 49.6. The Kier molecular flexibility index (Phi) is 29.2. The Morgan fingerprint density at radius 1 is 0.648 bits per heavy atom. The van der Waals surface area contributed by atoms with Gasteiger partial charge in [0.25, 0.3) is 10.1 Å². The summed E-state index contributed by atoms with van der Waals surface area (Å²) >= 11 is 0. The molecular weight excluding hydrogens is 717 g/mol. The molecule has 1 saturated heterocycles. The molecule has 4 N–H and O–H groups in total. The molecule has 0 amide bonds. The molecule has 0 aromatic carbocycles. The molecule has 13 heteroatoms. The summed E-state index contributed by atoms with van der Waals surface area (Å²) in [5, 5.41) is 30.8. The average molecular weight is 787 g/mol. The molecular formula is C41H70O12S. The molecule has 1 heterocycles. The van der Waals surface area contributed by atoms with Gasteiger partial charge in [-0.05, 0) is 32.1 Å². The molecule has 0 spiro atoms. The number of hydrogen-bond donors (Lipinski definition) is 4. The van der Waals surface area contributed by atoms with Crippen molar-refractivity contribution in [1.82, 2.24) is 0 Å². The minimum Gasteiger partial charge on any atom is -0.462 e. The van der Waals surface area contributed by atoms with E-state index in [9.17, 15) is 37.9 Å². The van der Waals surface area contributed by atoms with Crippen LogP contribution in [0.25, 0.3) is 0 Å². The fourth-order valence-corrected chi connectivity index (χ4v) is 6.55. The lowest BCUT2D eigenvalue weighted by atomic mass is 10.00. The van der Waals surface area contributed by atoms with Gasteiger partial charge in [-0.25, -0.2) is 0 Å². The van der Waals surface area contributed by atoms with E-state index < -0.39 is 71.2 Å². The smallest absolute Gasteiger partial charge is 0.306 e. The molecule has 0 radical (unpaired) electrons. The van der Waals surface area contributed by atoms with Gasteiger partial charge >= 0.3 is 11.9 Å². The number of esters is 2. The van der Waals surface area contributed by atoms with Crippen LogP contribution in [0.4, 0.5) is 0 Å². The Labute approximate surface area is 324 Å². The van der Waals surface area contributed by atoms with Gasteiger partial charge in [-0.1, -0.05) is 146 Å². The Hall–Kier alpha value is -2.39. The van der Waals surface area contributed by atoms with Crippen LogP contribution in [-0.4, -0.2) is 96.0 Å². The summed E-state index contributed by atoms with van der Waals surface area (Å²) in [4.78, 5) is 25.3. The van der Waals surface area contributed by atoms with E-state index in [1.54, 1.807) is 0 Å². The standard InChI is InChI=1S/C41H70O12S/c1-3-5-7-9-11-13-15-16-17-18-20-22-24-26-28-30-37(43)52-34(31-50-36(42)29-27-25-23-21-19-14-12-10-8-6-4-2)32-51-41-40(46)39(45)38(44)35(53-41)33-54(47,48)49/h5,7,9,11,13,15-17,34-35,38-41,44-46H,3-4,6,8,10,12,14,18-33H2,1-2H3,(H,47,48,49)/b7-5+,11-9+,15-13+,17-16+/t34-,35-,38-,39?,40?,41+/m1/s1. The molecule has 1 aliphatic rings. The maximum absolute atomic E-state index is 12.7. The molecule has 0 aliphatic carbocycles. The summed E-state index contributed by atoms with van der Waals surface area (Å²) in [5.74, 6) is -2.02. The second kappa shape index (κ2) is 31.8. The van der Waals surface area contributed by atoms with Crippen molar-refractivity contribution in [3.63, 3.8) is 0 Å². The zero-order chi connectivity index (χ0) is 39.9. The number of hydrogen-bond acceptors (Lipinski definition) is 11. The van der Waals surface area contributed by atoms with E-state index in [4.69, 9.17) is 18.9 Å². The second-order valence-electron chi connectivity index (χ2n) is 14.0. The van der Waals surface area contributed by atoms with Crippen molar-refractivity contribution in [2.75, 3.05) is 19.0 Å². The summed E-state index contributed by atoms with van der Waals surface area (Å²) < 4.78 is 53.8. The van der Waals surface area contributed by atoms with Crippen LogP contribution in [0.15, 0.2) is 48.6 Å². The molecule has 1 fully saturated rings. The van der Waals surface area contributed by atoms with E-state index in [1.165, 1.54) is 44.9 Å². The molecule has 0 aromatic rings. The number of carbonyl (C=O) groups excluding carboxylic acids is 2. The van der Waals surface area contributed by atoms with Crippen LogP contribution in [0.2, 0.25) is 0 Å². The molecule has 0 saturated carbocycles. The van der Waals surface area contributed by atoms with Crippen LogP contribution in [0.5, 0.6) is 0 Å². The number of unbranched alkanes of at least 4 members (excludes halogenated alkanes) is 15. The van der Waals surface area contributed by atoms with Crippen molar-refractivity contribution >= 4 is 22.1 Å². The minimum absolute atomic E-state index is 0.138. The number of ether oxygens (including phenoxy) is 4. The molecule has 1 rings (SSSR count). The Balaban J connectivity index is 2.53. The summed E-state index contributed by atoms with van der Waals surface area (Å²) in [6.07, 6.45) is 25.9. The van der Waals surface area contributed by atoms with Crippen LogP contribution in [0, 0.1) is 0 Å². The molecule has 1 aliphatic heterocycles. The number of aliphatic hydroxyl groups is 3. The van der Waals surface area contributed by atoms with Crippen molar-refractivity contribution < 1.29 is 56.8 Å². The molecule has 0 aromatic heterocycles. The molecule has 12 nitrogen and oxygen atoms in total. The van der Waals surface area contributed by atoms with Crippen molar-refractivity contribution in [2.24, 2.45) is 0 Å². The first-order valence-corrected chi connectivity index (χ1v) is 21.9. The lowest BCUT2D eigenvalue weighted by Crippen LogP contribution is -2.60. The summed E-state index contributed by atoms with van der Waals surface area (Å²) in [6.45, 7) is 3.57. The molecule has 312 valence electrons. The minimum atomic E-state index is -4.60. The van der Waals surface area contributed by atoms with Gasteiger partial charge in [0.2, 0.25) is 0 Å². The SMILES string of the molecule is CC/C=C/C=C/C=C/C=C/CCCCCCCC(=O)O[C@H](COC(=O)CCCCCCCCCCCCC)CO[C@H]1O[C@H](CS(=O)(=O)O)[C@@H](O)C(O)C1O. The maximum Gasteiger partial charge on any atom is 0.306 e. The van der Waals surface area contributed by atoms with Crippen LogP contribution in [0.3, 0.4) is 0 Å². The first-order chi connectivity index (χ1) is 26.0. The van der Waals surface area contributed by atoms with E-state index in [2.05, 4.69) is 26.0 Å². The van der Waals surface area contributed by atoms with Gasteiger partial charge in [-0.2, -0.15) is 8.42 Å². The van der Waals surface area contributed by atoms with E-state index in [1.807, 2.05) is 36.5 Å². The van der Waals surface area contributed by atoms with E-state index in [0.29, 0.717) is 12.8 Å². The van der Waals surface area contributed by atoms with Crippen molar-refractivity contribution in [1.29, 1.82) is 0 Å². The van der Waals surface area contributed by atoms with Crippen molar-refractivity contribution in [3.8, 4) is 0 Å². The molecule has 54 heavy (non-hydrogen) atoms. The molecule has 0 bridgehead atoms. The number of rotatable bonds is 32. The highest BCUT2D eigenvalue weighted by atomic mass is 32.2. The van der Waals surface area contributed by atoms with E-state index in [0.717, 1.165) is 57.8 Å². The van der Waals surface area contributed by atoms with Gasteiger partial charge in [-0.15, -0.1) is 0 Å². The lowest BCUT2D eigenvalue weighted by Gasteiger charge is -2.40. The van der Waals surface area contributed by atoms with Crippen LogP contribution < -0.4 is 0 Å². The lowest BCUT2D eigenvalue weighted by molar-refractivity contribution is -0.297. The van der Waals surface area contributed by atoms with Gasteiger partial charge in [-0.3, -0.25) is 14.1 Å². The third kappa shape index (κ3) is 26.4. The second-order valence-corrected chi connectivity index (χ2v) is 15.5. The average Bonchev–Trinajstić information content (AvgIpc) is 3.13. The Bertz CT molecular complexity index is 1200. The van der Waals surface area contributed by atoms with Crippen LogP contribution >= 0.6 is 0 Å². The van der Waals surface area contributed by atoms with Gasteiger partial charge in [0.15, 0.2) is 12.4 Å². The summed E-state index contributed by atoms with van der Waals surface area (Å²) in [6, 6.07) is 0. The number of aliphatic hydroxyl groups excluding tert-OH is 3. The topological polar surface area (TPSA) is 186 Å². The van der Waals surface area contributed by atoms with Crippen LogP contribution in [0.1, 0.15) is 142 Å². The van der Waals surface area contributed by atoms with E-state index >= 15 is 0 Å². The van der Waals surface area contributed by atoms with Crippen LogP contribution in [-0.2, 0) is 38.7 Å². The van der Waals surface area contributed by atoms with Crippen molar-refractivity contribution in [3.05, 3.63) is 48.6 Å². The van der Waals surface area contributed by atoms with Gasteiger partial charge in [0.1, 0.15) is 36.8 Å². The quantitative estimate of drug-likeness (QED) is 0.0233. The zero-order valence-corrected chi connectivity index (χ0v) is 33.6. The highest BCUT2D eigenvalue weighted by molar-refractivity contribution is 7.85. The Morgan fingerprint density at radius 3 is 1.74 bits per heavy atom. The summed E-state index contributed by atoms with van der Waals surface area (Å²) in [5.41, 5.74) is 0. The third-order valence-corrected chi connectivity index (χ3v) is 9.77.